The second-order valence-electron chi connectivity index (χ2n) is 22.0. The van der Waals surface area contributed by atoms with Crippen LogP contribution in [0.1, 0.15) is 0 Å². The zero-order valence-corrected chi connectivity index (χ0v) is 44.5. The molecule has 0 saturated heterocycles. The van der Waals surface area contributed by atoms with Gasteiger partial charge in [0, 0.05) is 55.7 Å². The van der Waals surface area contributed by atoms with Gasteiger partial charge in [-0.05, 0) is 189 Å². The number of hydrogen-bond donors (Lipinski definition) is 0. The third-order valence-electron chi connectivity index (χ3n) is 17.3. The van der Waals surface area contributed by atoms with Crippen molar-refractivity contribution in [3.05, 3.63) is 255 Å². The van der Waals surface area contributed by atoms with Crippen molar-refractivity contribution in [1.29, 1.82) is 0 Å². The van der Waals surface area contributed by atoms with E-state index in [0.717, 1.165) is 78.0 Å². The Hall–Kier alpha value is -9.94. The van der Waals surface area contributed by atoms with Crippen molar-refractivity contribution >= 4 is 161 Å². The molecule has 0 amide bonds. The summed E-state index contributed by atoms with van der Waals surface area (Å²) in [6.07, 6.45) is 0. The second kappa shape index (κ2) is 16.5. The molecule has 3 heterocycles. The van der Waals surface area contributed by atoms with Crippen LogP contribution in [0.3, 0.4) is 0 Å². The van der Waals surface area contributed by atoms with E-state index in [2.05, 4.69) is 266 Å². The van der Waals surface area contributed by atoms with E-state index in [0.29, 0.717) is 0 Å². The third-order valence-corrected chi connectivity index (χ3v) is 20.9. The van der Waals surface area contributed by atoms with Crippen molar-refractivity contribution in [2.24, 2.45) is 0 Å². The molecule has 16 aromatic rings. The monoisotopic (exact) mass is 1020 g/mol. The van der Waals surface area contributed by atoms with Crippen LogP contribution >= 0.6 is 0 Å². The number of anilines is 6. The first-order valence-corrected chi connectivity index (χ1v) is 30.3. The van der Waals surface area contributed by atoms with E-state index >= 15 is 0 Å². The molecule has 17 rings (SSSR count). The molecular weight excluding hydrogens is 977 g/mol. The molecule has 1 aliphatic heterocycles. The molecule has 4 nitrogen and oxygen atoms in total. The second-order valence-corrected chi connectivity index (χ2v) is 26.4. The number of para-hydroxylation sites is 2. The van der Waals surface area contributed by atoms with Gasteiger partial charge in [-0.15, -0.1) is 0 Å². The van der Waals surface area contributed by atoms with E-state index in [4.69, 9.17) is 8.83 Å². The first-order chi connectivity index (χ1) is 38.9. The summed E-state index contributed by atoms with van der Waals surface area (Å²) in [5.74, 6) is 0. The molecule has 14 aromatic carbocycles. The fraction of sp³-hybridized carbons (Fsp3) is 0.0270. The van der Waals surface area contributed by atoms with Crippen molar-refractivity contribution in [2.75, 3.05) is 9.80 Å². The van der Waals surface area contributed by atoms with Crippen LogP contribution < -0.4 is 20.2 Å². The molecule has 0 radical (unpaired) electrons. The maximum atomic E-state index is 6.39. The lowest BCUT2D eigenvalue weighted by Gasteiger charge is -2.36. The average Bonchev–Trinajstić information content (AvgIpc) is 4.19. The normalized spacial score (nSPS) is 13.0. The van der Waals surface area contributed by atoms with Gasteiger partial charge in [0.15, 0.2) is 0 Å². The fourth-order valence-corrected chi connectivity index (χ4v) is 16.6. The van der Waals surface area contributed by atoms with E-state index in [1.165, 1.54) is 86.1 Å². The van der Waals surface area contributed by atoms with Crippen molar-refractivity contribution in [3.63, 3.8) is 0 Å². The van der Waals surface area contributed by atoms with Gasteiger partial charge in [-0.2, -0.15) is 0 Å². The number of benzene rings is 14. The van der Waals surface area contributed by atoms with E-state index in [-0.39, 0.29) is 0 Å². The summed E-state index contributed by atoms with van der Waals surface area (Å²) in [4.78, 5) is 4.89. The minimum atomic E-state index is -2.37. The summed E-state index contributed by atoms with van der Waals surface area (Å²) in [6.45, 7) is 5.09. The van der Waals surface area contributed by atoms with Gasteiger partial charge in [0.25, 0.3) is 0 Å². The van der Waals surface area contributed by atoms with Gasteiger partial charge in [-0.3, -0.25) is 0 Å². The summed E-state index contributed by atoms with van der Waals surface area (Å²) in [5, 5.41) is 22.3. The van der Waals surface area contributed by atoms with Crippen LogP contribution in [0.2, 0.25) is 13.1 Å². The standard InChI is InChI=1S/C74H48N2O2Si/c1-79(2)72-21-11-18-61-64-41-52(75(53-33-36-70-65(42-53)58-16-7-9-19-68(58)77-70)50-29-26-47-24-22-45-12-3-5-14-56(45)62(47)39-50)31-28-49(64)38-67(74(61)72)60-35-32-55(44-73(60)79)76(54-34-37-71-66(43-54)59-17-8-10-20-69(59)78-71)51-30-27-48-25-23-46-13-4-6-15-57(46)63(48)40-51/h3-44H,1-2H3. The summed E-state index contributed by atoms with van der Waals surface area (Å²) in [7, 11) is -2.37. The Morgan fingerprint density at radius 3 is 1.18 bits per heavy atom. The Bertz CT molecular complexity index is 5280. The molecular formula is C74H48N2O2Si. The number of hydrogen-bond acceptors (Lipinski definition) is 4. The Morgan fingerprint density at radius 2 is 0.633 bits per heavy atom. The molecule has 0 aliphatic carbocycles. The summed E-state index contributed by atoms with van der Waals surface area (Å²) in [6, 6.07) is 94.2. The van der Waals surface area contributed by atoms with Crippen molar-refractivity contribution in [3.8, 4) is 11.1 Å². The molecule has 370 valence electrons. The van der Waals surface area contributed by atoms with Gasteiger partial charge in [0.1, 0.15) is 30.4 Å². The SMILES string of the molecule is C[Si]1(C)c2cc(N(c3ccc4ccc5ccccc5c4c3)c3ccc4oc5ccccc5c4c3)ccc2-c2cc3ccc(N(c4ccc5ccc6ccccc6c5c4)c4ccc5oc6ccccc6c5c4)cc3c3cccc1c23. The van der Waals surface area contributed by atoms with Gasteiger partial charge in [-0.1, -0.05) is 165 Å². The van der Waals surface area contributed by atoms with Crippen molar-refractivity contribution in [1.82, 2.24) is 0 Å². The molecule has 0 atom stereocenters. The van der Waals surface area contributed by atoms with Gasteiger partial charge < -0.3 is 18.6 Å². The molecule has 1 aliphatic rings. The Labute approximate surface area is 456 Å². The first kappa shape index (κ1) is 44.2. The van der Waals surface area contributed by atoms with E-state index in [1.54, 1.807) is 0 Å². The van der Waals surface area contributed by atoms with Crippen molar-refractivity contribution < 1.29 is 8.83 Å². The highest BCUT2D eigenvalue weighted by Crippen LogP contribution is 2.47. The minimum Gasteiger partial charge on any atom is -0.456 e. The molecule has 79 heavy (non-hydrogen) atoms. The molecule has 0 fully saturated rings. The highest BCUT2D eigenvalue weighted by Gasteiger charge is 2.37. The zero-order chi connectivity index (χ0) is 52.1. The minimum absolute atomic E-state index is 0.882. The maximum Gasteiger partial charge on any atom is 0.135 e. The third kappa shape index (κ3) is 6.60. The van der Waals surface area contributed by atoms with Crippen LogP contribution in [0.15, 0.2) is 264 Å². The number of fused-ring (bicyclic) bond motifs is 16. The maximum absolute atomic E-state index is 6.39. The van der Waals surface area contributed by atoms with Crippen LogP contribution in [0, 0.1) is 0 Å². The summed E-state index contributed by atoms with van der Waals surface area (Å²) >= 11 is 0. The molecule has 0 bridgehead atoms. The van der Waals surface area contributed by atoms with Crippen molar-refractivity contribution in [2.45, 2.75) is 13.1 Å². The van der Waals surface area contributed by atoms with Gasteiger partial charge >= 0.3 is 0 Å². The average molecular weight is 1030 g/mol. The van der Waals surface area contributed by atoms with Gasteiger partial charge in [-0.25, -0.2) is 0 Å². The number of furan rings is 2. The quantitative estimate of drug-likeness (QED) is 0.123. The highest BCUT2D eigenvalue weighted by atomic mass is 28.3. The van der Waals surface area contributed by atoms with Crippen LogP contribution in [0.5, 0.6) is 0 Å². The Kier molecular flexibility index (Phi) is 9.25. The molecule has 0 unspecified atom stereocenters. The lowest BCUT2D eigenvalue weighted by molar-refractivity contribution is 0.668. The molecule has 2 aromatic heterocycles. The van der Waals surface area contributed by atoms with Crippen LogP contribution in [0.4, 0.5) is 34.1 Å². The lowest BCUT2D eigenvalue weighted by atomic mass is 9.92. The first-order valence-electron chi connectivity index (χ1n) is 27.3. The predicted molar refractivity (Wildman–Crippen MR) is 338 cm³/mol. The van der Waals surface area contributed by atoms with Crippen LogP contribution in [0.25, 0.3) is 120 Å². The molecule has 0 spiro atoms. The molecule has 0 N–H and O–H groups in total. The molecule has 0 saturated carbocycles. The summed E-state index contributed by atoms with van der Waals surface area (Å²) in [5.41, 5.74) is 12.8. The van der Waals surface area contributed by atoms with E-state index in [1.807, 2.05) is 12.1 Å². The zero-order valence-electron chi connectivity index (χ0n) is 43.5. The largest absolute Gasteiger partial charge is 0.456 e. The highest BCUT2D eigenvalue weighted by molar-refractivity contribution is 7.03. The van der Waals surface area contributed by atoms with Crippen LogP contribution in [-0.2, 0) is 0 Å². The topological polar surface area (TPSA) is 32.8 Å². The predicted octanol–water partition coefficient (Wildman–Crippen LogP) is 20.1. The lowest BCUT2D eigenvalue weighted by Crippen LogP contribution is -2.56. The van der Waals surface area contributed by atoms with Gasteiger partial charge in [0.05, 0.1) is 0 Å². The Balaban J connectivity index is 0.849. The fourth-order valence-electron chi connectivity index (χ4n) is 13.5. The Morgan fingerprint density at radius 1 is 0.253 bits per heavy atom. The van der Waals surface area contributed by atoms with E-state index in [9.17, 15) is 0 Å². The number of rotatable bonds is 6. The number of nitrogens with zero attached hydrogens (tertiary/aromatic N) is 2. The smallest absolute Gasteiger partial charge is 0.135 e. The van der Waals surface area contributed by atoms with Crippen LogP contribution in [-0.4, -0.2) is 8.07 Å². The van der Waals surface area contributed by atoms with Gasteiger partial charge in [0.2, 0.25) is 0 Å². The van der Waals surface area contributed by atoms with E-state index < -0.39 is 8.07 Å². The summed E-state index contributed by atoms with van der Waals surface area (Å²) < 4.78 is 12.8. The molecule has 5 heteroatoms.